The molecule has 0 saturated carbocycles. The maximum absolute atomic E-state index is 12.8. The summed E-state index contributed by atoms with van der Waals surface area (Å²) in [6.07, 6.45) is 1.77. The monoisotopic (exact) mass is 366 g/mol. The fourth-order valence-corrected chi connectivity index (χ4v) is 3.24. The third kappa shape index (κ3) is 3.42. The van der Waals surface area contributed by atoms with Crippen LogP contribution in [-0.4, -0.2) is 57.2 Å². The molecule has 1 aliphatic heterocycles. The van der Waals surface area contributed by atoms with Crippen LogP contribution in [0.4, 0.5) is 5.82 Å². The van der Waals surface area contributed by atoms with Crippen molar-refractivity contribution < 1.29 is 9.21 Å². The molecule has 1 aliphatic rings. The topological polar surface area (TPSA) is 91.2 Å². The standard InChI is InChI=1S/C19H22N6O2/c1-12-11-20-14(3)18(21-12)24-6-8-25(9-7-24)19(26)16-10-15(22-23-16)17-5-4-13(2)27-17/h4-5,10-11H,6-9H2,1-3H3,(H,22,23). The van der Waals surface area contributed by atoms with Gasteiger partial charge in [0, 0.05) is 38.4 Å². The number of anilines is 1. The fourth-order valence-electron chi connectivity index (χ4n) is 3.24. The Balaban J connectivity index is 1.43. The Bertz CT molecular complexity index is 968. The fraction of sp³-hybridized carbons (Fsp3) is 0.368. The molecule has 0 unspecified atom stereocenters. The molecule has 0 radical (unpaired) electrons. The largest absolute Gasteiger partial charge is 0.460 e. The lowest BCUT2D eigenvalue weighted by Gasteiger charge is -2.35. The van der Waals surface area contributed by atoms with E-state index in [4.69, 9.17) is 4.42 Å². The number of nitrogens with zero attached hydrogens (tertiary/aromatic N) is 5. The smallest absolute Gasteiger partial charge is 0.274 e. The summed E-state index contributed by atoms with van der Waals surface area (Å²) in [5.41, 5.74) is 2.91. The van der Waals surface area contributed by atoms with E-state index in [2.05, 4.69) is 25.1 Å². The molecule has 8 heteroatoms. The lowest BCUT2D eigenvalue weighted by molar-refractivity contribution is 0.0740. The summed E-state index contributed by atoms with van der Waals surface area (Å²) in [7, 11) is 0. The normalized spacial score (nSPS) is 14.6. The van der Waals surface area contributed by atoms with Gasteiger partial charge in [-0.15, -0.1) is 0 Å². The molecule has 0 aliphatic carbocycles. The highest BCUT2D eigenvalue weighted by Gasteiger charge is 2.25. The zero-order chi connectivity index (χ0) is 19.0. The lowest BCUT2D eigenvalue weighted by atomic mass is 10.2. The van der Waals surface area contributed by atoms with E-state index in [0.717, 1.165) is 36.1 Å². The maximum atomic E-state index is 12.8. The highest BCUT2D eigenvalue weighted by atomic mass is 16.3. The Kier molecular flexibility index (Phi) is 4.39. The Hall–Kier alpha value is -3.16. The third-order valence-electron chi connectivity index (χ3n) is 4.72. The number of amides is 1. The van der Waals surface area contributed by atoms with Crippen molar-refractivity contribution in [2.75, 3.05) is 31.1 Å². The molecule has 0 spiro atoms. The van der Waals surface area contributed by atoms with Gasteiger partial charge in [0.1, 0.15) is 17.3 Å². The number of piperazine rings is 1. The van der Waals surface area contributed by atoms with Crippen LogP contribution < -0.4 is 4.90 Å². The molecular formula is C19H22N6O2. The van der Waals surface area contributed by atoms with Crippen LogP contribution in [-0.2, 0) is 0 Å². The molecule has 3 aromatic rings. The summed E-state index contributed by atoms with van der Waals surface area (Å²) in [4.78, 5) is 25.8. The van der Waals surface area contributed by atoms with Crippen molar-refractivity contribution in [3.8, 4) is 11.5 Å². The molecule has 27 heavy (non-hydrogen) atoms. The number of nitrogens with one attached hydrogen (secondary N) is 1. The second kappa shape index (κ2) is 6.86. The second-order valence-corrected chi connectivity index (χ2v) is 6.78. The number of hydrogen-bond donors (Lipinski definition) is 1. The second-order valence-electron chi connectivity index (χ2n) is 6.78. The zero-order valence-corrected chi connectivity index (χ0v) is 15.7. The molecule has 4 heterocycles. The first-order chi connectivity index (χ1) is 13.0. The van der Waals surface area contributed by atoms with Gasteiger partial charge in [0.2, 0.25) is 0 Å². The van der Waals surface area contributed by atoms with E-state index in [1.54, 1.807) is 12.3 Å². The van der Waals surface area contributed by atoms with E-state index < -0.39 is 0 Å². The summed E-state index contributed by atoms with van der Waals surface area (Å²) in [5, 5.41) is 7.05. The number of rotatable bonds is 3. The van der Waals surface area contributed by atoms with Crippen LogP contribution in [0.25, 0.3) is 11.5 Å². The Labute approximate surface area is 157 Å². The molecule has 0 bridgehead atoms. The van der Waals surface area contributed by atoms with Crippen LogP contribution in [0.2, 0.25) is 0 Å². The predicted molar refractivity (Wildman–Crippen MR) is 101 cm³/mol. The molecule has 1 saturated heterocycles. The van der Waals surface area contributed by atoms with Gasteiger partial charge >= 0.3 is 0 Å². The van der Waals surface area contributed by atoms with Gasteiger partial charge in [-0.05, 0) is 32.9 Å². The van der Waals surface area contributed by atoms with Gasteiger partial charge in [0.15, 0.2) is 11.5 Å². The van der Waals surface area contributed by atoms with Gasteiger partial charge in [-0.25, -0.2) is 4.98 Å². The van der Waals surface area contributed by atoms with Crippen LogP contribution in [0.5, 0.6) is 0 Å². The first-order valence-electron chi connectivity index (χ1n) is 8.98. The summed E-state index contributed by atoms with van der Waals surface area (Å²) in [5.74, 6) is 2.32. The predicted octanol–water partition coefficient (Wildman–Crippen LogP) is 2.35. The quantitative estimate of drug-likeness (QED) is 0.765. The van der Waals surface area contributed by atoms with Crippen molar-refractivity contribution in [1.82, 2.24) is 25.1 Å². The number of hydrogen-bond acceptors (Lipinski definition) is 6. The molecule has 0 aromatic carbocycles. The lowest BCUT2D eigenvalue weighted by Crippen LogP contribution is -2.49. The van der Waals surface area contributed by atoms with Crippen molar-refractivity contribution in [3.05, 3.63) is 47.2 Å². The minimum Gasteiger partial charge on any atom is -0.460 e. The van der Waals surface area contributed by atoms with E-state index >= 15 is 0 Å². The van der Waals surface area contributed by atoms with E-state index in [1.807, 2.05) is 37.8 Å². The number of aromatic nitrogens is 4. The first kappa shape index (κ1) is 17.3. The van der Waals surface area contributed by atoms with Gasteiger partial charge < -0.3 is 14.2 Å². The number of carbonyl (C=O) groups excluding carboxylic acids is 1. The molecule has 8 nitrogen and oxygen atoms in total. The van der Waals surface area contributed by atoms with Gasteiger partial charge in [-0.2, -0.15) is 5.10 Å². The molecule has 140 valence electrons. The van der Waals surface area contributed by atoms with Crippen LogP contribution >= 0.6 is 0 Å². The molecule has 1 N–H and O–H groups in total. The Morgan fingerprint density at radius 2 is 1.93 bits per heavy atom. The highest BCUT2D eigenvalue weighted by Crippen LogP contribution is 2.22. The van der Waals surface area contributed by atoms with Crippen molar-refractivity contribution in [1.29, 1.82) is 0 Å². The summed E-state index contributed by atoms with van der Waals surface area (Å²) in [6.45, 7) is 8.46. The van der Waals surface area contributed by atoms with Crippen LogP contribution in [0.3, 0.4) is 0 Å². The maximum Gasteiger partial charge on any atom is 0.274 e. The van der Waals surface area contributed by atoms with Gasteiger partial charge in [-0.3, -0.25) is 14.9 Å². The number of carbonyl (C=O) groups is 1. The molecule has 1 fully saturated rings. The zero-order valence-electron chi connectivity index (χ0n) is 15.7. The highest BCUT2D eigenvalue weighted by molar-refractivity contribution is 5.93. The molecule has 0 atom stereocenters. The minimum absolute atomic E-state index is 0.0764. The first-order valence-corrected chi connectivity index (χ1v) is 8.98. The summed E-state index contributed by atoms with van der Waals surface area (Å²) in [6, 6.07) is 5.48. The summed E-state index contributed by atoms with van der Waals surface area (Å²) < 4.78 is 5.58. The van der Waals surface area contributed by atoms with Crippen molar-refractivity contribution in [3.63, 3.8) is 0 Å². The third-order valence-corrected chi connectivity index (χ3v) is 4.72. The average Bonchev–Trinajstić information content (AvgIpc) is 3.32. The van der Waals surface area contributed by atoms with Gasteiger partial charge in [0.05, 0.1) is 11.4 Å². The van der Waals surface area contributed by atoms with E-state index in [9.17, 15) is 4.79 Å². The van der Waals surface area contributed by atoms with E-state index in [0.29, 0.717) is 30.2 Å². The Morgan fingerprint density at radius 1 is 1.15 bits per heavy atom. The summed E-state index contributed by atoms with van der Waals surface area (Å²) >= 11 is 0. The molecule has 1 amide bonds. The van der Waals surface area contributed by atoms with Crippen LogP contribution in [0.1, 0.15) is 27.6 Å². The average molecular weight is 366 g/mol. The minimum atomic E-state index is -0.0764. The van der Waals surface area contributed by atoms with Crippen molar-refractivity contribution in [2.45, 2.75) is 20.8 Å². The van der Waals surface area contributed by atoms with E-state index in [1.165, 1.54) is 0 Å². The van der Waals surface area contributed by atoms with Crippen LogP contribution in [0.15, 0.2) is 28.8 Å². The Morgan fingerprint density at radius 3 is 2.63 bits per heavy atom. The van der Waals surface area contributed by atoms with E-state index in [-0.39, 0.29) is 5.91 Å². The van der Waals surface area contributed by atoms with Gasteiger partial charge in [-0.1, -0.05) is 0 Å². The number of H-pyrrole nitrogens is 1. The SMILES string of the molecule is Cc1cnc(C)c(N2CCN(C(=O)c3cc(-c4ccc(C)o4)[nH]n3)CC2)n1. The molecule has 3 aromatic heterocycles. The van der Waals surface area contributed by atoms with Crippen LogP contribution in [0, 0.1) is 20.8 Å². The van der Waals surface area contributed by atoms with Gasteiger partial charge in [0.25, 0.3) is 5.91 Å². The van der Waals surface area contributed by atoms with Crippen molar-refractivity contribution >= 4 is 11.7 Å². The molecule has 4 rings (SSSR count). The number of furan rings is 1. The molecular weight excluding hydrogens is 344 g/mol. The number of aryl methyl sites for hydroxylation is 3. The number of aromatic amines is 1. The van der Waals surface area contributed by atoms with Crippen molar-refractivity contribution in [2.24, 2.45) is 0 Å².